The number of hydrogen-bond donors (Lipinski definition) is 0. The minimum absolute atomic E-state index is 0.306. The minimum Gasteiger partial charge on any atom is -0.464 e. The molecule has 1 rings (SSSR count). The molecule has 0 bridgehead atoms. The van der Waals surface area contributed by atoms with E-state index in [9.17, 15) is 9.59 Å². The number of carbonyl (C=O) groups is 2. The lowest BCUT2D eigenvalue weighted by molar-refractivity contribution is -0.142. The van der Waals surface area contributed by atoms with Gasteiger partial charge in [0.15, 0.2) is 11.2 Å². The number of ether oxygens (including phenoxy) is 1. The Labute approximate surface area is 106 Å². The number of alkyl halides is 1. The predicted octanol–water partition coefficient (Wildman–Crippen LogP) is 2.82. The zero-order chi connectivity index (χ0) is 12.7. The van der Waals surface area contributed by atoms with Gasteiger partial charge in [-0.15, -0.1) is 11.6 Å². The first-order valence-electron chi connectivity index (χ1n) is 5.56. The van der Waals surface area contributed by atoms with Crippen LogP contribution in [0.15, 0.2) is 30.3 Å². The van der Waals surface area contributed by atoms with Crippen LogP contribution in [-0.4, -0.2) is 23.7 Å². The van der Waals surface area contributed by atoms with E-state index in [0.29, 0.717) is 12.2 Å². The van der Waals surface area contributed by atoms with Crippen molar-refractivity contribution in [2.24, 2.45) is 0 Å². The van der Waals surface area contributed by atoms with Crippen LogP contribution in [-0.2, 0) is 9.53 Å². The van der Waals surface area contributed by atoms with E-state index in [1.54, 1.807) is 30.3 Å². The van der Waals surface area contributed by atoms with E-state index >= 15 is 0 Å². The van der Waals surface area contributed by atoms with E-state index in [4.69, 9.17) is 16.3 Å². The fraction of sp³-hybridized carbons (Fsp3) is 0.385. The molecule has 0 saturated carbocycles. The van der Waals surface area contributed by atoms with Gasteiger partial charge in [0.2, 0.25) is 0 Å². The molecule has 0 heterocycles. The van der Waals surface area contributed by atoms with Crippen LogP contribution in [0.3, 0.4) is 0 Å². The van der Waals surface area contributed by atoms with Crippen LogP contribution >= 0.6 is 11.6 Å². The van der Waals surface area contributed by atoms with Crippen molar-refractivity contribution in [3.05, 3.63) is 35.9 Å². The van der Waals surface area contributed by atoms with Crippen LogP contribution in [0.25, 0.3) is 0 Å². The molecule has 1 aromatic carbocycles. The molecule has 3 nitrogen and oxygen atoms in total. The number of hydrogen-bond acceptors (Lipinski definition) is 3. The molecular formula is C13H15ClO3. The first kappa shape index (κ1) is 13.7. The van der Waals surface area contributed by atoms with Gasteiger partial charge < -0.3 is 4.74 Å². The maximum atomic E-state index is 11.8. The summed E-state index contributed by atoms with van der Waals surface area (Å²) in [6.45, 7) is 2.29. The predicted molar refractivity (Wildman–Crippen MR) is 66.3 cm³/mol. The van der Waals surface area contributed by atoms with Gasteiger partial charge in [0.25, 0.3) is 0 Å². The molecule has 0 fully saturated rings. The van der Waals surface area contributed by atoms with Crippen molar-refractivity contribution >= 4 is 23.4 Å². The van der Waals surface area contributed by atoms with Gasteiger partial charge in [-0.3, -0.25) is 4.79 Å². The van der Waals surface area contributed by atoms with Crippen LogP contribution in [0.4, 0.5) is 0 Å². The molecule has 0 saturated heterocycles. The Kier molecular flexibility index (Phi) is 5.70. The van der Waals surface area contributed by atoms with Crippen molar-refractivity contribution in [1.82, 2.24) is 0 Å². The molecule has 1 atom stereocenters. The molecular weight excluding hydrogens is 240 g/mol. The van der Waals surface area contributed by atoms with Crippen molar-refractivity contribution in [2.75, 3.05) is 6.61 Å². The van der Waals surface area contributed by atoms with E-state index in [1.807, 2.05) is 6.92 Å². The van der Waals surface area contributed by atoms with Crippen molar-refractivity contribution in [3.8, 4) is 0 Å². The first-order valence-corrected chi connectivity index (χ1v) is 6.00. The van der Waals surface area contributed by atoms with Crippen LogP contribution in [0.2, 0.25) is 0 Å². The molecule has 0 aliphatic heterocycles. The summed E-state index contributed by atoms with van der Waals surface area (Å²) in [5.41, 5.74) is 0.417. The lowest BCUT2D eigenvalue weighted by atomic mass is 10.1. The molecule has 0 N–H and O–H groups in total. The third-order valence-corrected chi connectivity index (χ3v) is 2.61. The Morgan fingerprint density at radius 2 is 1.94 bits per heavy atom. The third kappa shape index (κ3) is 4.19. The van der Waals surface area contributed by atoms with E-state index in [1.165, 1.54) is 0 Å². The highest BCUT2D eigenvalue weighted by molar-refractivity contribution is 6.43. The maximum Gasteiger partial charge on any atom is 0.332 e. The number of Topliss-reactive ketones (excluding diaryl/α,β-unsaturated/α-hetero) is 1. The standard InChI is InChI=1S/C13H15ClO3/c1-2-3-9-17-13(16)11(14)12(15)10-7-5-4-6-8-10/h4-8,11H,2-3,9H2,1H3. The molecule has 92 valence electrons. The highest BCUT2D eigenvalue weighted by Gasteiger charge is 2.26. The number of benzene rings is 1. The van der Waals surface area contributed by atoms with Crippen molar-refractivity contribution in [1.29, 1.82) is 0 Å². The molecule has 0 aliphatic carbocycles. The van der Waals surface area contributed by atoms with E-state index in [-0.39, 0.29) is 0 Å². The van der Waals surface area contributed by atoms with Gasteiger partial charge in [0, 0.05) is 5.56 Å². The highest BCUT2D eigenvalue weighted by atomic mass is 35.5. The summed E-state index contributed by atoms with van der Waals surface area (Å²) in [5.74, 6) is -1.09. The topological polar surface area (TPSA) is 43.4 Å². The molecule has 0 spiro atoms. The largest absolute Gasteiger partial charge is 0.464 e. The molecule has 0 aromatic heterocycles. The highest BCUT2D eigenvalue weighted by Crippen LogP contribution is 2.10. The smallest absolute Gasteiger partial charge is 0.332 e. The summed E-state index contributed by atoms with van der Waals surface area (Å²) in [7, 11) is 0. The quantitative estimate of drug-likeness (QED) is 0.258. The van der Waals surface area contributed by atoms with Crippen LogP contribution < -0.4 is 0 Å². The van der Waals surface area contributed by atoms with E-state index in [2.05, 4.69) is 0 Å². The average molecular weight is 255 g/mol. The number of ketones is 1. The fourth-order valence-electron chi connectivity index (χ4n) is 1.25. The number of unbranched alkanes of at least 4 members (excludes halogenated alkanes) is 1. The summed E-state index contributed by atoms with van der Waals surface area (Å²) in [5, 5.41) is -1.26. The Morgan fingerprint density at radius 1 is 1.29 bits per heavy atom. The lowest BCUT2D eigenvalue weighted by Crippen LogP contribution is -2.27. The van der Waals surface area contributed by atoms with Crippen molar-refractivity contribution in [2.45, 2.75) is 25.1 Å². The van der Waals surface area contributed by atoms with Crippen molar-refractivity contribution < 1.29 is 14.3 Å². The molecule has 17 heavy (non-hydrogen) atoms. The molecule has 4 heteroatoms. The Hall–Kier alpha value is -1.35. The SMILES string of the molecule is CCCCOC(=O)C(Cl)C(=O)c1ccccc1. The Bertz CT molecular complexity index is 376. The minimum atomic E-state index is -1.26. The monoisotopic (exact) mass is 254 g/mol. The number of esters is 1. The average Bonchev–Trinajstić information content (AvgIpc) is 2.38. The zero-order valence-electron chi connectivity index (χ0n) is 9.69. The second-order valence-corrected chi connectivity index (χ2v) is 4.05. The third-order valence-electron chi connectivity index (χ3n) is 2.24. The van der Waals surface area contributed by atoms with Gasteiger partial charge in [0.05, 0.1) is 6.61 Å². The van der Waals surface area contributed by atoms with Gasteiger partial charge in [-0.2, -0.15) is 0 Å². The van der Waals surface area contributed by atoms with Gasteiger partial charge in [0.1, 0.15) is 0 Å². The summed E-state index contributed by atoms with van der Waals surface area (Å²) in [4.78, 5) is 23.2. The molecule has 1 unspecified atom stereocenters. The van der Waals surface area contributed by atoms with Gasteiger partial charge >= 0.3 is 5.97 Å². The van der Waals surface area contributed by atoms with Gasteiger partial charge in [-0.25, -0.2) is 4.79 Å². The summed E-state index contributed by atoms with van der Waals surface area (Å²) >= 11 is 5.77. The van der Waals surface area contributed by atoms with Crippen molar-refractivity contribution in [3.63, 3.8) is 0 Å². The molecule has 1 aromatic rings. The van der Waals surface area contributed by atoms with Gasteiger partial charge in [-0.05, 0) is 6.42 Å². The summed E-state index contributed by atoms with van der Waals surface area (Å²) in [6, 6.07) is 8.48. The normalized spacial score (nSPS) is 11.9. The summed E-state index contributed by atoms with van der Waals surface area (Å²) < 4.78 is 4.90. The first-order chi connectivity index (χ1) is 8.16. The fourth-order valence-corrected chi connectivity index (χ4v) is 1.44. The lowest BCUT2D eigenvalue weighted by Gasteiger charge is -2.08. The summed E-state index contributed by atoms with van der Waals surface area (Å²) in [6.07, 6.45) is 1.70. The molecule has 0 amide bonds. The zero-order valence-corrected chi connectivity index (χ0v) is 10.4. The maximum absolute atomic E-state index is 11.8. The van der Waals surface area contributed by atoms with Gasteiger partial charge in [-0.1, -0.05) is 43.7 Å². The second-order valence-electron chi connectivity index (χ2n) is 3.61. The van der Waals surface area contributed by atoms with Crippen LogP contribution in [0.1, 0.15) is 30.1 Å². The molecule has 0 radical (unpaired) electrons. The number of halogens is 1. The van der Waals surface area contributed by atoms with E-state index < -0.39 is 17.1 Å². The Balaban J connectivity index is 2.55. The van der Waals surface area contributed by atoms with Crippen LogP contribution in [0.5, 0.6) is 0 Å². The van der Waals surface area contributed by atoms with Crippen LogP contribution in [0, 0.1) is 0 Å². The number of rotatable bonds is 6. The number of carbonyl (C=O) groups excluding carboxylic acids is 2. The van der Waals surface area contributed by atoms with E-state index in [0.717, 1.165) is 12.8 Å². The second kappa shape index (κ2) is 7.07. The molecule has 0 aliphatic rings. The Morgan fingerprint density at radius 3 is 2.53 bits per heavy atom.